The maximum absolute atomic E-state index is 12.9. The number of alkyl halides is 3. The first kappa shape index (κ1) is 13.3. The SMILES string of the molecule is O=C(CCC(F)(F)F)Nc1ccc(F)nc1F. The number of pyridine rings is 1. The van der Waals surface area contributed by atoms with Crippen LogP contribution in [0, 0.1) is 11.9 Å². The van der Waals surface area contributed by atoms with Gasteiger partial charge in [-0.25, -0.2) is 0 Å². The van der Waals surface area contributed by atoms with Gasteiger partial charge in [-0.15, -0.1) is 0 Å². The molecule has 1 amide bonds. The Morgan fingerprint density at radius 2 is 1.94 bits per heavy atom. The lowest BCUT2D eigenvalue weighted by molar-refractivity contribution is -0.142. The normalized spacial score (nSPS) is 11.4. The highest BCUT2D eigenvalue weighted by atomic mass is 19.4. The average molecular weight is 254 g/mol. The zero-order valence-corrected chi connectivity index (χ0v) is 8.31. The summed E-state index contributed by atoms with van der Waals surface area (Å²) >= 11 is 0. The first-order chi connectivity index (χ1) is 7.78. The molecule has 0 aromatic carbocycles. The maximum atomic E-state index is 12.9. The number of nitrogens with zero attached hydrogens (tertiary/aromatic N) is 1. The molecule has 1 heterocycles. The summed E-state index contributed by atoms with van der Waals surface area (Å²) in [5.41, 5.74) is -0.460. The van der Waals surface area contributed by atoms with Gasteiger partial charge < -0.3 is 5.32 Å². The largest absolute Gasteiger partial charge is 0.389 e. The summed E-state index contributed by atoms with van der Waals surface area (Å²) in [6.45, 7) is 0. The van der Waals surface area contributed by atoms with Gasteiger partial charge in [0.1, 0.15) is 0 Å². The van der Waals surface area contributed by atoms with Crippen LogP contribution in [-0.2, 0) is 4.79 Å². The minimum Gasteiger partial charge on any atom is -0.322 e. The quantitative estimate of drug-likeness (QED) is 0.665. The third kappa shape index (κ3) is 4.75. The van der Waals surface area contributed by atoms with Crippen LogP contribution in [0.4, 0.5) is 27.6 Å². The summed E-state index contributed by atoms with van der Waals surface area (Å²) in [6, 6.07) is 1.66. The molecule has 0 fully saturated rings. The third-order valence-corrected chi connectivity index (χ3v) is 1.72. The lowest BCUT2D eigenvalue weighted by Gasteiger charge is -2.07. The van der Waals surface area contributed by atoms with Gasteiger partial charge in [0.15, 0.2) is 0 Å². The fraction of sp³-hybridized carbons (Fsp3) is 0.333. The van der Waals surface area contributed by atoms with Crippen molar-refractivity contribution in [2.24, 2.45) is 0 Å². The summed E-state index contributed by atoms with van der Waals surface area (Å²) in [5.74, 6) is -3.39. The number of carbonyl (C=O) groups excluding carboxylic acids is 1. The molecule has 1 rings (SSSR count). The number of carbonyl (C=O) groups is 1. The molecule has 3 nitrogen and oxygen atoms in total. The lowest BCUT2D eigenvalue weighted by atomic mass is 10.3. The molecule has 0 bridgehead atoms. The summed E-state index contributed by atoms with van der Waals surface area (Å²) in [7, 11) is 0. The molecule has 0 aliphatic carbocycles. The van der Waals surface area contributed by atoms with E-state index >= 15 is 0 Å². The van der Waals surface area contributed by atoms with Crippen molar-refractivity contribution in [1.29, 1.82) is 0 Å². The molecule has 0 unspecified atom stereocenters. The summed E-state index contributed by atoms with van der Waals surface area (Å²) in [6.07, 6.45) is -6.60. The van der Waals surface area contributed by atoms with E-state index in [9.17, 15) is 26.7 Å². The molecule has 0 saturated carbocycles. The maximum Gasteiger partial charge on any atom is 0.389 e. The molecule has 0 radical (unpaired) electrons. The molecule has 0 aliphatic heterocycles. The van der Waals surface area contributed by atoms with Crippen molar-refractivity contribution >= 4 is 11.6 Å². The Bertz CT molecular complexity index is 418. The molecule has 17 heavy (non-hydrogen) atoms. The van der Waals surface area contributed by atoms with Gasteiger partial charge in [0.05, 0.1) is 12.1 Å². The first-order valence-electron chi connectivity index (χ1n) is 4.46. The molecule has 1 aromatic heterocycles. The summed E-state index contributed by atoms with van der Waals surface area (Å²) in [4.78, 5) is 13.8. The van der Waals surface area contributed by atoms with Gasteiger partial charge in [-0.2, -0.15) is 26.9 Å². The van der Waals surface area contributed by atoms with Crippen molar-refractivity contribution in [3.8, 4) is 0 Å². The number of aromatic nitrogens is 1. The number of anilines is 1. The van der Waals surface area contributed by atoms with Gasteiger partial charge >= 0.3 is 6.18 Å². The predicted molar refractivity (Wildman–Crippen MR) is 48.1 cm³/mol. The number of amides is 1. The van der Waals surface area contributed by atoms with E-state index in [0.29, 0.717) is 0 Å². The predicted octanol–water partition coefficient (Wildman–Crippen LogP) is 2.64. The Hall–Kier alpha value is -1.73. The molecule has 0 aliphatic rings. The van der Waals surface area contributed by atoms with Crippen LogP contribution >= 0.6 is 0 Å². The Morgan fingerprint density at radius 1 is 1.29 bits per heavy atom. The van der Waals surface area contributed by atoms with E-state index in [0.717, 1.165) is 12.1 Å². The number of hydrogen-bond donors (Lipinski definition) is 1. The highest BCUT2D eigenvalue weighted by Crippen LogP contribution is 2.21. The molecular weight excluding hydrogens is 247 g/mol. The van der Waals surface area contributed by atoms with Crippen LogP contribution in [0.3, 0.4) is 0 Å². The Labute approximate surface area is 92.6 Å². The second-order valence-electron chi connectivity index (χ2n) is 3.14. The minimum absolute atomic E-state index is 0.460. The van der Waals surface area contributed by atoms with Gasteiger partial charge in [0, 0.05) is 6.42 Å². The fourth-order valence-electron chi connectivity index (χ4n) is 0.973. The molecular formula is C9H7F5N2O. The molecule has 1 N–H and O–H groups in total. The zero-order valence-electron chi connectivity index (χ0n) is 8.31. The van der Waals surface area contributed by atoms with Gasteiger partial charge in [0.25, 0.3) is 0 Å². The number of nitrogens with one attached hydrogen (secondary N) is 1. The molecule has 0 spiro atoms. The van der Waals surface area contributed by atoms with E-state index in [2.05, 4.69) is 4.98 Å². The van der Waals surface area contributed by atoms with Crippen LogP contribution in [-0.4, -0.2) is 17.1 Å². The molecule has 8 heteroatoms. The van der Waals surface area contributed by atoms with E-state index in [1.807, 2.05) is 5.32 Å². The van der Waals surface area contributed by atoms with E-state index in [-0.39, 0.29) is 0 Å². The summed E-state index contributed by atoms with van der Waals surface area (Å²) < 4.78 is 60.6. The first-order valence-corrected chi connectivity index (χ1v) is 4.46. The van der Waals surface area contributed by atoms with Gasteiger partial charge in [-0.3, -0.25) is 4.79 Å². The van der Waals surface area contributed by atoms with E-state index in [1.165, 1.54) is 0 Å². The molecule has 0 saturated heterocycles. The van der Waals surface area contributed by atoms with Gasteiger partial charge in [-0.05, 0) is 12.1 Å². The standard InChI is InChI=1S/C9H7F5N2O/c10-6-2-1-5(8(11)16-6)15-7(17)3-4-9(12,13)14/h1-2H,3-4H2,(H,15,17). The van der Waals surface area contributed by atoms with Crippen LogP contribution in [0.25, 0.3) is 0 Å². The average Bonchev–Trinajstić information content (AvgIpc) is 2.18. The van der Waals surface area contributed by atoms with Crippen molar-refractivity contribution < 1.29 is 26.7 Å². The third-order valence-electron chi connectivity index (χ3n) is 1.72. The van der Waals surface area contributed by atoms with Crippen LogP contribution < -0.4 is 5.32 Å². The monoisotopic (exact) mass is 254 g/mol. The number of halogens is 5. The van der Waals surface area contributed by atoms with Gasteiger partial charge in [-0.1, -0.05) is 0 Å². The zero-order chi connectivity index (χ0) is 13.1. The van der Waals surface area contributed by atoms with Crippen LogP contribution in [0.2, 0.25) is 0 Å². The molecule has 1 aromatic rings. The van der Waals surface area contributed by atoms with Crippen molar-refractivity contribution in [3.05, 3.63) is 24.0 Å². The minimum atomic E-state index is -4.46. The van der Waals surface area contributed by atoms with Crippen molar-refractivity contribution in [1.82, 2.24) is 4.98 Å². The van der Waals surface area contributed by atoms with Crippen LogP contribution in [0.1, 0.15) is 12.8 Å². The Kier molecular flexibility index (Phi) is 3.97. The topological polar surface area (TPSA) is 42.0 Å². The van der Waals surface area contributed by atoms with E-state index in [1.54, 1.807) is 0 Å². The lowest BCUT2D eigenvalue weighted by Crippen LogP contribution is -2.17. The van der Waals surface area contributed by atoms with E-state index in [4.69, 9.17) is 0 Å². The van der Waals surface area contributed by atoms with Crippen molar-refractivity contribution in [2.45, 2.75) is 19.0 Å². The van der Waals surface area contributed by atoms with E-state index < -0.39 is 42.5 Å². The van der Waals surface area contributed by atoms with Gasteiger partial charge in [0.2, 0.25) is 17.8 Å². The fourth-order valence-corrected chi connectivity index (χ4v) is 0.973. The smallest absolute Gasteiger partial charge is 0.322 e. The Balaban J connectivity index is 2.57. The highest BCUT2D eigenvalue weighted by molar-refractivity contribution is 5.90. The number of rotatable bonds is 3. The molecule has 94 valence electrons. The Morgan fingerprint density at radius 3 is 2.47 bits per heavy atom. The second-order valence-corrected chi connectivity index (χ2v) is 3.14. The summed E-state index contributed by atoms with van der Waals surface area (Å²) in [5, 5.41) is 1.87. The second kappa shape index (κ2) is 5.07. The molecule has 0 atom stereocenters. The van der Waals surface area contributed by atoms with Crippen molar-refractivity contribution in [2.75, 3.05) is 5.32 Å². The van der Waals surface area contributed by atoms with Crippen molar-refractivity contribution in [3.63, 3.8) is 0 Å². The van der Waals surface area contributed by atoms with Crippen LogP contribution in [0.15, 0.2) is 12.1 Å². The highest BCUT2D eigenvalue weighted by Gasteiger charge is 2.28. The number of hydrogen-bond acceptors (Lipinski definition) is 2. The van der Waals surface area contributed by atoms with Crippen LogP contribution in [0.5, 0.6) is 0 Å².